The van der Waals surface area contributed by atoms with E-state index in [0.29, 0.717) is 24.6 Å². The lowest BCUT2D eigenvalue weighted by Gasteiger charge is -2.33. The van der Waals surface area contributed by atoms with Crippen molar-refractivity contribution in [2.24, 2.45) is 28.9 Å². The Bertz CT molecular complexity index is 958. The second-order valence-corrected chi connectivity index (χ2v) is 9.18. The third-order valence-corrected chi connectivity index (χ3v) is 7.04. The van der Waals surface area contributed by atoms with Gasteiger partial charge in [-0.15, -0.1) is 0 Å². The summed E-state index contributed by atoms with van der Waals surface area (Å²) in [7, 11) is 1.32. The zero-order valence-corrected chi connectivity index (χ0v) is 17.3. The molecule has 0 radical (unpaired) electrons. The average Bonchev–Trinajstić information content (AvgIpc) is 3.68. The number of fused-ring (bicyclic) bond motifs is 1. The lowest BCUT2D eigenvalue weighted by molar-refractivity contribution is -0.161. The van der Waals surface area contributed by atoms with Crippen LogP contribution in [0.1, 0.15) is 56.0 Å². The number of nitrogens with two attached hydrogens (primary N) is 1. The first kappa shape index (κ1) is 19.5. The molecular weight excluding hydrogens is 382 g/mol. The molecule has 1 aliphatic heterocycles. The molecule has 5 rings (SSSR count). The minimum Gasteiger partial charge on any atom is -0.468 e. The van der Waals surface area contributed by atoms with Gasteiger partial charge in [-0.2, -0.15) is 5.10 Å². The largest absolute Gasteiger partial charge is 0.468 e. The number of carbonyl (C=O) groups excluding carboxylic acids is 2. The Morgan fingerprint density at radius 1 is 1.33 bits per heavy atom. The Kier molecular flexibility index (Phi) is 4.76. The number of imidazole rings is 1. The predicted octanol–water partition coefficient (Wildman–Crippen LogP) is 1.78. The molecule has 1 amide bonds. The standard InChI is InChI=1S/C22H29N5O3/c1-30-21(29)22(9-2-10-24-20(22)28)11-15-7-8-17-25-16(12-27(17)26-15)19(23)18(13-3-4-13)14-5-6-14/h7-8,12-14,18-19H,2-6,9-11,23H2,1H3,(H,24,28). The average molecular weight is 412 g/mol. The Balaban J connectivity index is 1.42. The van der Waals surface area contributed by atoms with Crippen molar-refractivity contribution in [2.45, 2.75) is 51.0 Å². The van der Waals surface area contributed by atoms with Crippen molar-refractivity contribution in [3.8, 4) is 0 Å². The quantitative estimate of drug-likeness (QED) is 0.531. The van der Waals surface area contributed by atoms with E-state index in [1.54, 1.807) is 4.52 Å². The fourth-order valence-corrected chi connectivity index (χ4v) is 5.14. The monoisotopic (exact) mass is 411 g/mol. The lowest BCUT2D eigenvalue weighted by atomic mass is 9.76. The summed E-state index contributed by atoms with van der Waals surface area (Å²) in [5.74, 6) is 1.21. The molecule has 3 N–H and O–H groups in total. The number of aromatic nitrogens is 3. The minimum absolute atomic E-state index is 0.0688. The van der Waals surface area contributed by atoms with Crippen LogP contribution in [0.15, 0.2) is 18.3 Å². The van der Waals surface area contributed by atoms with Crippen molar-refractivity contribution < 1.29 is 14.3 Å². The zero-order valence-electron chi connectivity index (χ0n) is 17.3. The summed E-state index contributed by atoms with van der Waals surface area (Å²) in [6, 6.07) is 3.65. The number of hydrogen-bond acceptors (Lipinski definition) is 6. The van der Waals surface area contributed by atoms with Crippen LogP contribution in [-0.2, 0) is 20.7 Å². The molecule has 0 aromatic carbocycles. The summed E-state index contributed by atoms with van der Waals surface area (Å²) in [5, 5.41) is 7.47. The maximum absolute atomic E-state index is 12.6. The number of carbonyl (C=O) groups is 2. The molecule has 2 aromatic heterocycles. The number of piperidine rings is 1. The van der Waals surface area contributed by atoms with E-state index in [0.717, 1.165) is 29.6 Å². The van der Waals surface area contributed by atoms with Crippen molar-refractivity contribution in [2.75, 3.05) is 13.7 Å². The third kappa shape index (κ3) is 3.37. The molecular formula is C22H29N5O3. The van der Waals surface area contributed by atoms with Crippen molar-refractivity contribution in [1.29, 1.82) is 0 Å². The number of hydrogen-bond donors (Lipinski definition) is 2. The van der Waals surface area contributed by atoms with Gasteiger partial charge in [-0.1, -0.05) is 0 Å². The maximum atomic E-state index is 12.6. The number of amides is 1. The van der Waals surface area contributed by atoms with Crippen LogP contribution in [-0.4, -0.2) is 40.1 Å². The fourth-order valence-electron chi connectivity index (χ4n) is 5.14. The second kappa shape index (κ2) is 7.34. The van der Waals surface area contributed by atoms with E-state index in [1.807, 2.05) is 18.3 Å². The summed E-state index contributed by atoms with van der Waals surface area (Å²) >= 11 is 0. The molecule has 2 atom stereocenters. The molecule has 3 fully saturated rings. The number of nitrogens with one attached hydrogen (secondary N) is 1. The van der Waals surface area contributed by atoms with Gasteiger partial charge in [0.2, 0.25) is 5.91 Å². The summed E-state index contributed by atoms with van der Waals surface area (Å²) in [5.41, 5.74) is 7.69. The number of ether oxygens (including phenoxy) is 1. The van der Waals surface area contributed by atoms with Crippen molar-refractivity contribution in [1.82, 2.24) is 19.9 Å². The third-order valence-electron chi connectivity index (χ3n) is 7.04. The van der Waals surface area contributed by atoms with E-state index in [9.17, 15) is 9.59 Å². The zero-order chi connectivity index (χ0) is 20.9. The van der Waals surface area contributed by atoms with Gasteiger partial charge in [0.25, 0.3) is 0 Å². The van der Waals surface area contributed by atoms with Crippen LogP contribution in [0.2, 0.25) is 0 Å². The highest BCUT2D eigenvalue weighted by Crippen LogP contribution is 2.53. The molecule has 3 aliphatic rings. The molecule has 2 saturated carbocycles. The number of nitrogens with zero attached hydrogens (tertiary/aromatic N) is 3. The Hall–Kier alpha value is -2.48. The summed E-state index contributed by atoms with van der Waals surface area (Å²) in [6.07, 6.45) is 8.42. The van der Waals surface area contributed by atoms with Crippen molar-refractivity contribution in [3.05, 3.63) is 29.7 Å². The van der Waals surface area contributed by atoms with Crippen molar-refractivity contribution >= 4 is 17.5 Å². The van der Waals surface area contributed by atoms with Crippen LogP contribution >= 0.6 is 0 Å². The smallest absolute Gasteiger partial charge is 0.321 e. The molecule has 0 spiro atoms. The van der Waals surface area contributed by atoms with Gasteiger partial charge in [0.1, 0.15) is 0 Å². The van der Waals surface area contributed by atoms with Gasteiger partial charge in [-0.25, -0.2) is 9.50 Å². The molecule has 2 aliphatic carbocycles. The molecule has 0 bridgehead atoms. The Labute approximate surface area is 175 Å². The van der Waals surface area contributed by atoms with Gasteiger partial charge in [0, 0.05) is 13.0 Å². The molecule has 3 heterocycles. The van der Waals surface area contributed by atoms with E-state index in [2.05, 4.69) is 10.4 Å². The molecule has 8 nitrogen and oxygen atoms in total. The van der Waals surface area contributed by atoms with Gasteiger partial charge < -0.3 is 15.8 Å². The molecule has 8 heteroatoms. The first-order valence-electron chi connectivity index (χ1n) is 11.0. The fraction of sp³-hybridized carbons (Fsp3) is 0.636. The van der Waals surface area contributed by atoms with E-state index in [-0.39, 0.29) is 18.4 Å². The van der Waals surface area contributed by atoms with Crippen LogP contribution < -0.4 is 11.1 Å². The van der Waals surface area contributed by atoms with E-state index in [1.165, 1.54) is 32.8 Å². The summed E-state index contributed by atoms with van der Waals surface area (Å²) < 4.78 is 6.71. The highest BCUT2D eigenvalue weighted by Gasteiger charge is 2.49. The van der Waals surface area contributed by atoms with Crippen LogP contribution in [0.5, 0.6) is 0 Å². The Morgan fingerprint density at radius 2 is 2.07 bits per heavy atom. The SMILES string of the molecule is COC(=O)C1(Cc2ccc3nc(C(N)C(C4CC4)C4CC4)cn3n2)CCCNC1=O. The van der Waals surface area contributed by atoms with Gasteiger partial charge >= 0.3 is 5.97 Å². The van der Waals surface area contributed by atoms with E-state index < -0.39 is 11.4 Å². The first-order valence-corrected chi connectivity index (χ1v) is 11.0. The number of methoxy groups -OCH3 is 1. The van der Waals surface area contributed by atoms with Crippen LogP contribution in [0.4, 0.5) is 0 Å². The van der Waals surface area contributed by atoms with Gasteiger partial charge in [0.15, 0.2) is 11.1 Å². The Morgan fingerprint density at radius 3 is 2.70 bits per heavy atom. The van der Waals surface area contributed by atoms with E-state index in [4.69, 9.17) is 15.5 Å². The molecule has 160 valence electrons. The molecule has 1 saturated heterocycles. The van der Waals surface area contributed by atoms with Gasteiger partial charge in [0.05, 0.1) is 30.7 Å². The lowest BCUT2D eigenvalue weighted by Crippen LogP contribution is -2.52. The topological polar surface area (TPSA) is 112 Å². The highest BCUT2D eigenvalue weighted by molar-refractivity contribution is 6.03. The normalized spacial score (nSPS) is 25.4. The summed E-state index contributed by atoms with van der Waals surface area (Å²) in [4.78, 5) is 29.9. The number of rotatable bonds is 7. The number of esters is 1. The van der Waals surface area contributed by atoms with Crippen LogP contribution in [0, 0.1) is 23.2 Å². The molecule has 2 unspecified atom stereocenters. The second-order valence-electron chi connectivity index (χ2n) is 9.18. The summed E-state index contributed by atoms with van der Waals surface area (Å²) in [6.45, 7) is 0.579. The van der Waals surface area contributed by atoms with Gasteiger partial charge in [-0.05, 0) is 68.4 Å². The molecule has 30 heavy (non-hydrogen) atoms. The van der Waals surface area contributed by atoms with Crippen LogP contribution in [0.25, 0.3) is 5.65 Å². The minimum atomic E-state index is -1.23. The van der Waals surface area contributed by atoms with Crippen LogP contribution in [0.3, 0.4) is 0 Å². The highest BCUT2D eigenvalue weighted by atomic mass is 16.5. The maximum Gasteiger partial charge on any atom is 0.321 e. The first-order chi connectivity index (χ1) is 14.5. The van der Waals surface area contributed by atoms with Crippen molar-refractivity contribution in [3.63, 3.8) is 0 Å². The van der Waals surface area contributed by atoms with E-state index >= 15 is 0 Å². The molecule has 2 aromatic rings. The predicted molar refractivity (Wildman–Crippen MR) is 109 cm³/mol. The van der Waals surface area contributed by atoms with Gasteiger partial charge in [-0.3, -0.25) is 9.59 Å².